The Labute approximate surface area is 141 Å². The molecule has 1 atom stereocenters. The van der Waals surface area contributed by atoms with Crippen LogP contribution in [0.25, 0.3) is 0 Å². The number of rotatable bonds is 3. The van der Waals surface area contributed by atoms with Gasteiger partial charge in [-0.1, -0.05) is 6.07 Å². The van der Waals surface area contributed by atoms with Crippen LogP contribution in [0.15, 0.2) is 47.4 Å². The van der Waals surface area contributed by atoms with Gasteiger partial charge in [-0.3, -0.25) is 14.4 Å². The number of halogens is 1. The lowest BCUT2D eigenvalue weighted by atomic mass is 10.2. The molecule has 0 bridgehead atoms. The predicted molar refractivity (Wildman–Crippen MR) is 89.4 cm³/mol. The fourth-order valence-electron chi connectivity index (χ4n) is 2.40. The molecule has 2 N–H and O–H groups in total. The van der Waals surface area contributed by atoms with Crippen molar-refractivity contribution in [1.82, 2.24) is 9.88 Å². The molecule has 1 aliphatic heterocycles. The average Bonchev–Trinajstić information content (AvgIpc) is 3.04. The molecule has 124 valence electrons. The summed E-state index contributed by atoms with van der Waals surface area (Å²) in [4.78, 5) is 40.5. The Hall–Kier alpha value is -2.61. The lowest BCUT2D eigenvalue weighted by Gasteiger charge is -2.22. The number of thioether (sulfide) groups is 1. The van der Waals surface area contributed by atoms with Gasteiger partial charge in [0.2, 0.25) is 5.91 Å². The number of pyridine rings is 1. The van der Waals surface area contributed by atoms with Gasteiger partial charge < -0.3 is 15.2 Å². The van der Waals surface area contributed by atoms with Gasteiger partial charge in [-0.05, 0) is 30.3 Å². The first kappa shape index (κ1) is 16.3. The van der Waals surface area contributed by atoms with Crippen molar-refractivity contribution in [1.29, 1.82) is 0 Å². The third-order valence-electron chi connectivity index (χ3n) is 3.59. The molecule has 1 aromatic carbocycles. The summed E-state index contributed by atoms with van der Waals surface area (Å²) in [6.07, 6.45) is 1.44. The molecular weight excluding hydrogens is 333 g/mol. The number of nitrogens with zero attached hydrogens (tertiary/aromatic N) is 1. The number of nitrogens with one attached hydrogen (secondary N) is 2. The van der Waals surface area contributed by atoms with Gasteiger partial charge in [0.1, 0.15) is 17.4 Å². The number of hydrogen-bond donors (Lipinski definition) is 2. The molecule has 0 spiro atoms. The molecule has 2 amide bonds. The van der Waals surface area contributed by atoms with E-state index in [2.05, 4.69) is 10.3 Å². The molecule has 1 aromatic heterocycles. The number of benzene rings is 1. The van der Waals surface area contributed by atoms with E-state index in [0.29, 0.717) is 17.3 Å². The van der Waals surface area contributed by atoms with Crippen molar-refractivity contribution in [3.63, 3.8) is 0 Å². The van der Waals surface area contributed by atoms with E-state index in [-0.39, 0.29) is 5.56 Å². The summed E-state index contributed by atoms with van der Waals surface area (Å²) < 4.78 is 13.2. The zero-order valence-corrected chi connectivity index (χ0v) is 13.3. The van der Waals surface area contributed by atoms with Crippen molar-refractivity contribution in [3.8, 4) is 0 Å². The number of anilines is 1. The smallest absolute Gasteiger partial charge is 0.260 e. The molecular formula is C16H14FN3O3S. The maximum Gasteiger partial charge on any atom is 0.260 e. The summed E-state index contributed by atoms with van der Waals surface area (Å²) in [5.41, 5.74) is -0.186. The van der Waals surface area contributed by atoms with Gasteiger partial charge >= 0.3 is 0 Å². The molecule has 1 saturated heterocycles. The van der Waals surface area contributed by atoms with Crippen molar-refractivity contribution in [3.05, 3.63) is 64.3 Å². The van der Waals surface area contributed by atoms with E-state index in [0.717, 1.165) is 0 Å². The largest absolute Gasteiger partial charge is 0.328 e. The molecule has 1 fully saturated rings. The molecule has 1 aliphatic rings. The fourth-order valence-corrected chi connectivity index (χ4v) is 3.55. The second-order valence-electron chi connectivity index (χ2n) is 5.20. The van der Waals surface area contributed by atoms with Crippen LogP contribution in [-0.2, 0) is 4.79 Å². The van der Waals surface area contributed by atoms with E-state index in [1.807, 2.05) is 0 Å². The summed E-state index contributed by atoms with van der Waals surface area (Å²) in [5.74, 6) is -0.642. The molecule has 24 heavy (non-hydrogen) atoms. The first-order valence-corrected chi connectivity index (χ1v) is 8.34. The normalized spacial score (nSPS) is 16.9. The number of carbonyl (C=O) groups is 2. The van der Waals surface area contributed by atoms with Crippen LogP contribution in [0.4, 0.5) is 10.1 Å². The quantitative estimate of drug-likeness (QED) is 0.885. The van der Waals surface area contributed by atoms with Crippen LogP contribution in [0.5, 0.6) is 0 Å². The molecule has 0 radical (unpaired) electrons. The Bertz CT molecular complexity index is 839. The van der Waals surface area contributed by atoms with Crippen LogP contribution in [-0.4, -0.2) is 39.4 Å². The highest BCUT2D eigenvalue weighted by Crippen LogP contribution is 2.23. The van der Waals surface area contributed by atoms with Crippen molar-refractivity contribution >= 4 is 29.3 Å². The van der Waals surface area contributed by atoms with Crippen molar-refractivity contribution < 1.29 is 14.0 Å². The van der Waals surface area contributed by atoms with E-state index < -0.39 is 29.2 Å². The van der Waals surface area contributed by atoms with Gasteiger partial charge in [0.25, 0.3) is 11.5 Å². The van der Waals surface area contributed by atoms with Gasteiger partial charge in [0, 0.05) is 17.6 Å². The molecule has 0 saturated carbocycles. The number of H-pyrrole nitrogens is 1. The highest BCUT2D eigenvalue weighted by atomic mass is 32.2. The van der Waals surface area contributed by atoms with E-state index in [4.69, 9.17) is 0 Å². The van der Waals surface area contributed by atoms with Gasteiger partial charge in [0.05, 0.1) is 5.88 Å². The minimum Gasteiger partial charge on any atom is -0.328 e. The van der Waals surface area contributed by atoms with Crippen LogP contribution in [0.1, 0.15) is 10.4 Å². The van der Waals surface area contributed by atoms with Gasteiger partial charge in [-0.25, -0.2) is 4.39 Å². The second kappa shape index (κ2) is 6.88. The lowest BCUT2D eigenvalue weighted by Crippen LogP contribution is -2.45. The summed E-state index contributed by atoms with van der Waals surface area (Å²) in [5, 5.41) is 2.60. The summed E-state index contributed by atoms with van der Waals surface area (Å²) >= 11 is 1.42. The Kier molecular flexibility index (Phi) is 4.66. The third-order valence-corrected chi connectivity index (χ3v) is 4.60. The van der Waals surface area contributed by atoms with Gasteiger partial charge in [0.15, 0.2) is 0 Å². The van der Waals surface area contributed by atoms with Crippen molar-refractivity contribution in [2.75, 3.05) is 16.9 Å². The molecule has 1 unspecified atom stereocenters. The van der Waals surface area contributed by atoms with E-state index in [1.54, 1.807) is 12.1 Å². The topological polar surface area (TPSA) is 82.3 Å². The molecule has 2 heterocycles. The van der Waals surface area contributed by atoms with Crippen LogP contribution >= 0.6 is 11.8 Å². The Morgan fingerprint density at radius 2 is 2.12 bits per heavy atom. The Balaban J connectivity index is 1.78. The summed E-state index contributed by atoms with van der Waals surface area (Å²) in [6, 6.07) is 7.79. The molecule has 6 nitrogen and oxygen atoms in total. The summed E-state index contributed by atoms with van der Waals surface area (Å²) in [6.45, 7) is 0. The number of amides is 2. The molecule has 3 rings (SSSR count). The number of aromatic nitrogens is 1. The molecule has 2 aromatic rings. The second-order valence-corrected chi connectivity index (χ2v) is 6.20. The van der Waals surface area contributed by atoms with Crippen LogP contribution in [0.2, 0.25) is 0 Å². The summed E-state index contributed by atoms with van der Waals surface area (Å²) in [7, 11) is 0. The number of aromatic amines is 1. The fraction of sp³-hybridized carbons (Fsp3) is 0.188. The molecule has 8 heteroatoms. The van der Waals surface area contributed by atoms with Crippen molar-refractivity contribution in [2.45, 2.75) is 6.04 Å². The first-order chi connectivity index (χ1) is 11.6. The van der Waals surface area contributed by atoms with E-state index in [9.17, 15) is 18.8 Å². The predicted octanol–water partition coefficient (Wildman–Crippen LogP) is 1.67. The Morgan fingerprint density at radius 1 is 1.29 bits per heavy atom. The lowest BCUT2D eigenvalue weighted by molar-refractivity contribution is -0.119. The average molecular weight is 347 g/mol. The first-order valence-electron chi connectivity index (χ1n) is 7.19. The number of hydrogen-bond acceptors (Lipinski definition) is 4. The molecule has 0 aliphatic carbocycles. The highest BCUT2D eigenvalue weighted by molar-refractivity contribution is 7.99. The zero-order chi connectivity index (χ0) is 17.1. The van der Waals surface area contributed by atoms with Gasteiger partial charge in [-0.2, -0.15) is 0 Å². The van der Waals surface area contributed by atoms with Crippen LogP contribution in [0, 0.1) is 5.82 Å². The van der Waals surface area contributed by atoms with Crippen LogP contribution < -0.4 is 10.9 Å². The van der Waals surface area contributed by atoms with Gasteiger partial charge in [-0.15, -0.1) is 11.8 Å². The van der Waals surface area contributed by atoms with Crippen molar-refractivity contribution in [2.24, 2.45) is 0 Å². The zero-order valence-electron chi connectivity index (χ0n) is 12.5. The highest BCUT2D eigenvalue weighted by Gasteiger charge is 2.35. The minimum absolute atomic E-state index is 0.0106. The van der Waals surface area contributed by atoms with Crippen LogP contribution in [0.3, 0.4) is 0 Å². The van der Waals surface area contributed by atoms with E-state index >= 15 is 0 Å². The SMILES string of the molecule is O=C(Nc1cccc(F)c1)C1CSCN1C(=O)c1ccc[nH]c1=O. The monoisotopic (exact) mass is 347 g/mol. The third kappa shape index (κ3) is 3.33. The number of carbonyl (C=O) groups excluding carboxylic acids is 2. The maximum absolute atomic E-state index is 13.2. The van der Waals surface area contributed by atoms with E-state index in [1.165, 1.54) is 47.1 Å². The Morgan fingerprint density at radius 3 is 2.88 bits per heavy atom. The minimum atomic E-state index is -0.717. The standard InChI is InChI=1S/C16H14FN3O3S/c17-10-3-1-4-11(7-10)19-15(22)13-8-24-9-20(13)16(23)12-5-2-6-18-14(12)21/h1-7,13H,8-9H2,(H,18,21)(H,19,22). The maximum atomic E-state index is 13.2.